The van der Waals surface area contributed by atoms with Gasteiger partial charge in [-0.05, 0) is 10.4 Å². The topological polar surface area (TPSA) is 60.3 Å². The molecule has 1 radical (unpaired) electrons. The summed E-state index contributed by atoms with van der Waals surface area (Å²) in [6, 6.07) is 0. The molecule has 0 bridgehead atoms. The van der Waals surface area contributed by atoms with E-state index in [-0.39, 0.29) is 0 Å². The molecule has 0 aromatic heterocycles. The fourth-order valence-electron chi connectivity index (χ4n) is 0.289. The molecule has 8 heavy (non-hydrogen) atoms. The molecule has 0 aliphatic carbocycles. The fraction of sp³-hybridized carbons (Fsp3) is 1.00. The first kappa shape index (κ1) is 10.8. The molecule has 0 aliphatic heterocycles. The largest absolute Gasteiger partial charge is 0.108 e. The zero-order chi connectivity index (χ0) is 6.83. The zero-order valence-electron chi connectivity index (χ0n) is 5.39. The molecule has 0 heterocycles. The zero-order valence-corrected chi connectivity index (χ0v) is 7.81. The van der Waals surface area contributed by atoms with E-state index in [0.717, 1.165) is 0 Å². The summed E-state index contributed by atoms with van der Waals surface area (Å²) in [6.45, 7) is 4.56. The van der Waals surface area contributed by atoms with Gasteiger partial charge in [-0.1, -0.05) is 0 Å². The summed E-state index contributed by atoms with van der Waals surface area (Å²) in [5.41, 5.74) is 12.2. The fourth-order valence-corrected chi connectivity index (χ4v) is 1.50. The van der Waals surface area contributed by atoms with Gasteiger partial charge in [0.05, 0.1) is 0 Å². The van der Waals surface area contributed by atoms with Crippen LogP contribution in [0, 0.1) is 5.53 Å². The Kier molecular flexibility index (Phi) is 21.4. The van der Waals surface area contributed by atoms with Crippen LogP contribution in [0.1, 0.15) is 13.8 Å². The molecule has 3 nitrogen and oxygen atoms in total. The molecule has 0 spiro atoms. The maximum atomic E-state index is 6.86. The minimum Gasteiger partial charge on any atom is -0.108 e. The summed E-state index contributed by atoms with van der Waals surface area (Å²) < 4.78 is 0. The van der Waals surface area contributed by atoms with Gasteiger partial charge in [-0.15, -0.1) is 5.53 Å². The molecule has 0 aromatic rings. The second-order valence-electron chi connectivity index (χ2n) is 1.21. The van der Waals surface area contributed by atoms with E-state index < -0.39 is 0 Å². The standard InChI is InChI=1S/2C2H5.Ga.HN3/c2*1-2;;1-3-2/h2*1H2,2H3;;1H. The molecule has 0 saturated carbocycles. The molecule has 0 saturated heterocycles. The first-order valence-electron chi connectivity index (χ1n) is 2.65. The Balaban J connectivity index is 0. The molecule has 4 heteroatoms. The molecule has 0 amide bonds. The van der Waals surface area contributed by atoms with Crippen LogP contribution in [0.15, 0.2) is 0 Å². The Morgan fingerprint density at radius 2 is 1.75 bits per heavy atom. The Bertz CT molecular complexity index is 56.3. The van der Waals surface area contributed by atoms with E-state index >= 15 is 0 Å². The monoisotopic (exact) mass is 170 g/mol. The van der Waals surface area contributed by atoms with Crippen molar-refractivity contribution in [2.45, 2.75) is 23.8 Å². The molecule has 45 valence electrons. The minimum atomic E-state index is 0.312. The summed E-state index contributed by atoms with van der Waals surface area (Å²) in [7, 11) is 0. The predicted molar refractivity (Wildman–Crippen MR) is 36.2 cm³/mol. The van der Waals surface area contributed by atoms with E-state index in [9.17, 15) is 0 Å². The van der Waals surface area contributed by atoms with E-state index in [1.54, 1.807) is 4.91 Å². The van der Waals surface area contributed by atoms with Crippen LogP contribution in [0.3, 0.4) is 0 Å². The molecule has 1 N–H and O–H groups in total. The first-order chi connectivity index (χ1) is 3.83. The van der Waals surface area contributed by atoms with E-state index in [2.05, 4.69) is 13.8 Å². The maximum absolute atomic E-state index is 6.86. The second kappa shape index (κ2) is 15.8. The van der Waals surface area contributed by atoms with Crippen LogP contribution in [-0.4, -0.2) is 17.4 Å². The van der Waals surface area contributed by atoms with E-state index in [0.29, 0.717) is 17.4 Å². The van der Waals surface area contributed by atoms with Crippen LogP contribution in [-0.2, 0) is 0 Å². The predicted octanol–water partition coefficient (Wildman–Crippen LogP) is 2.44. The third-order valence-corrected chi connectivity index (χ3v) is 3.00. The third-order valence-electron chi connectivity index (χ3n) is 0.577. The van der Waals surface area contributed by atoms with Crippen LogP contribution >= 0.6 is 0 Å². The molecule has 0 rings (SSSR count). The van der Waals surface area contributed by atoms with Gasteiger partial charge in [0.2, 0.25) is 0 Å². The van der Waals surface area contributed by atoms with Gasteiger partial charge in [-0.25, -0.2) is 0 Å². The summed E-state index contributed by atoms with van der Waals surface area (Å²) in [5.74, 6) is 0. The Hall–Kier alpha value is -0.0536. The van der Waals surface area contributed by atoms with Gasteiger partial charge in [0.15, 0.2) is 0 Å². The normalized spacial score (nSPS) is 5.75. The average molecular weight is 171 g/mol. The van der Waals surface area contributed by atoms with Crippen LogP contribution in [0.25, 0.3) is 10.4 Å². The smallest absolute Gasteiger partial charge is 0.00208 e. The van der Waals surface area contributed by atoms with Gasteiger partial charge in [0.1, 0.15) is 0 Å². The van der Waals surface area contributed by atoms with E-state index in [4.69, 9.17) is 11.1 Å². The SMILES string of the molecule is C[CH2][Ga][CH2]C.[N-]=[N+]=N. The van der Waals surface area contributed by atoms with Crippen molar-refractivity contribution in [1.82, 2.24) is 0 Å². The van der Waals surface area contributed by atoms with Gasteiger partial charge in [-0.2, -0.15) is 0 Å². The van der Waals surface area contributed by atoms with Crippen molar-refractivity contribution in [3.05, 3.63) is 10.4 Å². The quantitative estimate of drug-likeness (QED) is 0.287. The summed E-state index contributed by atoms with van der Waals surface area (Å²) in [4.78, 5) is 4.75. The van der Waals surface area contributed by atoms with Crippen molar-refractivity contribution in [3.8, 4) is 0 Å². The van der Waals surface area contributed by atoms with E-state index in [1.165, 1.54) is 9.95 Å². The van der Waals surface area contributed by atoms with Crippen molar-refractivity contribution >= 4 is 17.4 Å². The van der Waals surface area contributed by atoms with Gasteiger partial charge in [0, 0.05) is 0 Å². The van der Waals surface area contributed by atoms with Crippen LogP contribution in [0.2, 0.25) is 9.95 Å². The molecule has 0 aromatic carbocycles. The average Bonchev–Trinajstić information content (AvgIpc) is 1.71. The number of hydrogen-bond acceptors (Lipinski definition) is 1. The number of nitrogens with one attached hydrogen (secondary N) is 1. The number of nitrogens with zero attached hydrogens (tertiary/aromatic N) is 2. The third kappa shape index (κ3) is 38.4. The molecule has 0 aliphatic rings. The van der Waals surface area contributed by atoms with Gasteiger partial charge in [-0.3, -0.25) is 0 Å². The van der Waals surface area contributed by atoms with Crippen molar-refractivity contribution in [2.24, 2.45) is 0 Å². The van der Waals surface area contributed by atoms with Gasteiger partial charge in [0.25, 0.3) is 0 Å². The molecule has 0 atom stereocenters. The Morgan fingerprint density at radius 3 is 1.75 bits per heavy atom. The number of rotatable bonds is 2. The van der Waals surface area contributed by atoms with E-state index in [1.807, 2.05) is 0 Å². The molecular formula is C4H11GaN3. The van der Waals surface area contributed by atoms with Crippen molar-refractivity contribution in [2.75, 3.05) is 0 Å². The first-order valence-corrected chi connectivity index (χ1v) is 6.08. The van der Waals surface area contributed by atoms with Crippen LogP contribution < -0.4 is 0 Å². The molecule has 0 fully saturated rings. The number of hydrogen-bond donors (Lipinski definition) is 1. The minimum absolute atomic E-state index is 0.312. The van der Waals surface area contributed by atoms with Crippen molar-refractivity contribution < 1.29 is 0 Å². The molecule has 0 unspecified atom stereocenters. The summed E-state index contributed by atoms with van der Waals surface area (Å²) in [5, 5.41) is 0. The van der Waals surface area contributed by atoms with Crippen molar-refractivity contribution in [3.63, 3.8) is 0 Å². The second-order valence-corrected chi connectivity index (χ2v) is 5.84. The summed E-state index contributed by atoms with van der Waals surface area (Å²) >= 11 is 0.312. The van der Waals surface area contributed by atoms with Crippen LogP contribution in [0.5, 0.6) is 0 Å². The summed E-state index contributed by atoms with van der Waals surface area (Å²) in [6.07, 6.45) is 0. The van der Waals surface area contributed by atoms with Gasteiger partial charge < -0.3 is 0 Å². The Morgan fingerprint density at radius 1 is 1.50 bits per heavy atom. The van der Waals surface area contributed by atoms with Crippen molar-refractivity contribution in [1.29, 1.82) is 5.53 Å². The molecular weight excluding hydrogens is 160 g/mol. The Labute approximate surface area is 57.7 Å². The van der Waals surface area contributed by atoms with Crippen LogP contribution in [0.4, 0.5) is 0 Å². The maximum Gasteiger partial charge on any atom is -0.00208 e. The van der Waals surface area contributed by atoms with Gasteiger partial charge >= 0.3 is 41.2 Å².